The fraction of sp³-hybridized carbons (Fsp3) is 0.214. The monoisotopic (exact) mass is 325 g/mol. The SMILES string of the molecule is C[C@]1(c2cc(F)ccc2F)O[C@@H]1c1cncc(Br)c1. The Bertz CT molecular complexity index is 649. The minimum Gasteiger partial charge on any atom is -0.356 e. The van der Waals surface area contributed by atoms with Gasteiger partial charge >= 0.3 is 0 Å². The molecule has 1 aliphatic rings. The lowest BCUT2D eigenvalue weighted by Gasteiger charge is -2.08. The summed E-state index contributed by atoms with van der Waals surface area (Å²) in [6.07, 6.45) is 3.01. The van der Waals surface area contributed by atoms with E-state index in [-0.39, 0.29) is 11.7 Å². The van der Waals surface area contributed by atoms with Crippen molar-refractivity contribution < 1.29 is 13.5 Å². The highest BCUT2D eigenvalue weighted by molar-refractivity contribution is 9.10. The van der Waals surface area contributed by atoms with E-state index in [9.17, 15) is 8.78 Å². The predicted molar refractivity (Wildman–Crippen MR) is 69.5 cm³/mol. The van der Waals surface area contributed by atoms with Gasteiger partial charge in [0, 0.05) is 28.0 Å². The summed E-state index contributed by atoms with van der Waals surface area (Å²) in [5.41, 5.74) is 0.229. The number of hydrogen-bond acceptors (Lipinski definition) is 2. The van der Waals surface area contributed by atoms with E-state index in [1.165, 1.54) is 6.07 Å². The van der Waals surface area contributed by atoms with Crippen molar-refractivity contribution >= 4 is 15.9 Å². The number of epoxide rings is 1. The zero-order valence-corrected chi connectivity index (χ0v) is 11.6. The van der Waals surface area contributed by atoms with Crippen LogP contribution in [0.4, 0.5) is 8.78 Å². The lowest BCUT2D eigenvalue weighted by Crippen LogP contribution is -2.08. The van der Waals surface area contributed by atoms with Crippen molar-refractivity contribution in [3.63, 3.8) is 0 Å². The third-order valence-electron chi connectivity index (χ3n) is 3.30. The van der Waals surface area contributed by atoms with Crippen molar-refractivity contribution in [3.8, 4) is 0 Å². The van der Waals surface area contributed by atoms with Gasteiger partial charge in [-0.05, 0) is 47.1 Å². The zero-order valence-electron chi connectivity index (χ0n) is 10.0. The van der Waals surface area contributed by atoms with Crippen LogP contribution in [0.2, 0.25) is 0 Å². The first-order valence-electron chi connectivity index (χ1n) is 5.74. The average molecular weight is 326 g/mol. The molecule has 19 heavy (non-hydrogen) atoms. The number of aromatic nitrogens is 1. The maximum atomic E-state index is 13.8. The normalized spacial score (nSPS) is 25.4. The molecule has 0 amide bonds. The molecule has 1 fully saturated rings. The second kappa shape index (κ2) is 4.35. The molecule has 5 heteroatoms. The fourth-order valence-electron chi connectivity index (χ4n) is 2.25. The van der Waals surface area contributed by atoms with E-state index < -0.39 is 17.2 Å². The summed E-state index contributed by atoms with van der Waals surface area (Å²) in [7, 11) is 0. The summed E-state index contributed by atoms with van der Waals surface area (Å²) in [4.78, 5) is 4.05. The first-order valence-corrected chi connectivity index (χ1v) is 6.54. The number of rotatable bonds is 2. The Labute approximate surface area is 117 Å². The van der Waals surface area contributed by atoms with Crippen LogP contribution >= 0.6 is 15.9 Å². The number of hydrogen-bond donors (Lipinski definition) is 0. The number of ether oxygens (including phenoxy) is 1. The van der Waals surface area contributed by atoms with Crippen molar-refractivity contribution in [2.45, 2.75) is 18.6 Å². The van der Waals surface area contributed by atoms with E-state index in [4.69, 9.17) is 4.74 Å². The van der Waals surface area contributed by atoms with Crippen LogP contribution in [0.3, 0.4) is 0 Å². The van der Waals surface area contributed by atoms with E-state index >= 15 is 0 Å². The molecule has 1 aromatic heterocycles. The smallest absolute Gasteiger partial charge is 0.129 e. The molecule has 2 aromatic rings. The molecule has 2 atom stereocenters. The maximum absolute atomic E-state index is 13.8. The standard InChI is InChI=1S/C14H10BrF2NO/c1-14(11-5-10(16)2-3-12(11)17)13(19-14)8-4-9(15)7-18-6-8/h2-7,13H,1H3/t13-,14-/m1/s1. The molecule has 2 heterocycles. The van der Waals surface area contributed by atoms with Gasteiger partial charge in [-0.15, -0.1) is 0 Å². The summed E-state index contributed by atoms with van der Waals surface area (Å²) < 4.78 is 33.5. The van der Waals surface area contributed by atoms with Crippen LogP contribution in [0.5, 0.6) is 0 Å². The number of benzene rings is 1. The molecule has 0 N–H and O–H groups in total. The highest BCUT2D eigenvalue weighted by Gasteiger charge is 2.56. The van der Waals surface area contributed by atoms with Crippen LogP contribution in [0.1, 0.15) is 24.2 Å². The minimum absolute atomic E-state index is 0.234. The van der Waals surface area contributed by atoms with Crippen molar-refractivity contribution in [3.05, 3.63) is 63.9 Å². The van der Waals surface area contributed by atoms with Gasteiger partial charge < -0.3 is 4.74 Å². The zero-order chi connectivity index (χ0) is 13.6. The lowest BCUT2D eigenvalue weighted by atomic mass is 9.93. The van der Waals surface area contributed by atoms with Crippen LogP contribution in [0.25, 0.3) is 0 Å². The summed E-state index contributed by atoms with van der Waals surface area (Å²) in [5.74, 6) is -0.936. The van der Waals surface area contributed by atoms with E-state index in [0.717, 1.165) is 22.2 Å². The number of nitrogens with zero attached hydrogens (tertiary/aromatic N) is 1. The molecule has 1 aliphatic heterocycles. The molecule has 98 valence electrons. The van der Waals surface area contributed by atoms with Crippen molar-refractivity contribution in [1.29, 1.82) is 0 Å². The van der Waals surface area contributed by atoms with Crippen LogP contribution in [0.15, 0.2) is 41.1 Å². The highest BCUT2D eigenvalue weighted by Crippen LogP contribution is 2.57. The van der Waals surface area contributed by atoms with Crippen LogP contribution in [0, 0.1) is 11.6 Å². The van der Waals surface area contributed by atoms with Gasteiger partial charge in [0.1, 0.15) is 23.3 Å². The second-order valence-electron chi connectivity index (χ2n) is 4.67. The third-order valence-corrected chi connectivity index (χ3v) is 3.73. The molecule has 0 aliphatic carbocycles. The highest BCUT2D eigenvalue weighted by atomic mass is 79.9. The molecule has 0 bridgehead atoms. The van der Waals surface area contributed by atoms with Gasteiger partial charge in [-0.2, -0.15) is 0 Å². The van der Waals surface area contributed by atoms with E-state index in [2.05, 4.69) is 20.9 Å². The molecule has 0 unspecified atom stereocenters. The lowest BCUT2D eigenvalue weighted by molar-refractivity contribution is 0.306. The Hall–Kier alpha value is -1.33. The molecular weight excluding hydrogens is 316 g/mol. The number of pyridine rings is 1. The first kappa shape index (κ1) is 12.7. The summed E-state index contributed by atoms with van der Waals surface area (Å²) in [6.45, 7) is 1.75. The summed E-state index contributed by atoms with van der Waals surface area (Å²) >= 11 is 3.33. The van der Waals surface area contributed by atoms with Gasteiger partial charge in [-0.25, -0.2) is 8.78 Å². The van der Waals surface area contributed by atoms with Crippen molar-refractivity contribution in [2.24, 2.45) is 0 Å². The molecule has 2 nitrogen and oxygen atoms in total. The maximum Gasteiger partial charge on any atom is 0.129 e. The number of halogens is 3. The Morgan fingerprint density at radius 3 is 2.79 bits per heavy atom. The molecule has 3 rings (SSSR count). The average Bonchev–Trinajstić information content (AvgIpc) is 3.06. The molecule has 1 aromatic carbocycles. The van der Waals surface area contributed by atoms with Crippen LogP contribution in [-0.4, -0.2) is 4.98 Å². The summed E-state index contributed by atoms with van der Waals surface area (Å²) in [6, 6.07) is 5.26. The van der Waals surface area contributed by atoms with Crippen molar-refractivity contribution in [2.75, 3.05) is 0 Å². The third kappa shape index (κ3) is 2.17. The van der Waals surface area contributed by atoms with Gasteiger partial charge in [0.05, 0.1) is 0 Å². The molecule has 0 saturated carbocycles. The molecular formula is C14H10BrF2NO. The van der Waals surface area contributed by atoms with Crippen molar-refractivity contribution in [1.82, 2.24) is 4.98 Å². The van der Waals surface area contributed by atoms with Gasteiger partial charge in [-0.3, -0.25) is 4.98 Å². The fourth-order valence-corrected chi connectivity index (χ4v) is 2.63. The second-order valence-corrected chi connectivity index (χ2v) is 5.58. The first-order chi connectivity index (χ1) is 9.00. The predicted octanol–water partition coefficient (Wildman–Crippen LogP) is 4.11. The Balaban J connectivity index is 1.97. The Morgan fingerprint density at radius 1 is 1.26 bits per heavy atom. The van der Waals surface area contributed by atoms with Gasteiger partial charge in [0.2, 0.25) is 0 Å². The summed E-state index contributed by atoms with van der Waals surface area (Å²) in [5, 5.41) is 0. The molecule has 0 spiro atoms. The minimum atomic E-state index is -0.839. The van der Waals surface area contributed by atoms with Gasteiger partial charge in [0.25, 0.3) is 0 Å². The van der Waals surface area contributed by atoms with E-state index in [1.807, 2.05) is 6.07 Å². The Morgan fingerprint density at radius 2 is 2.05 bits per heavy atom. The largest absolute Gasteiger partial charge is 0.356 e. The van der Waals surface area contributed by atoms with Gasteiger partial charge in [-0.1, -0.05) is 0 Å². The van der Waals surface area contributed by atoms with Crippen LogP contribution in [-0.2, 0) is 10.3 Å². The Kier molecular flexibility index (Phi) is 2.91. The molecule has 0 radical (unpaired) electrons. The van der Waals surface area contributed by atoms with Crippen LogP contribution < -0.4 is 0 Å². The van der Waals surface area contributed by atoms with E-state index in [1.54, 1.807) is 19.3 Å². The quantitative estimate of drug-likeness (QED) is 0.776. The molecule has 1 saturated heterocycles. The van der Waals surface area contributed by atoms with E-state index in [0.29, 0.717) is 0 Å². The van der Waals surface area contributed by atoms with Gasteiger partial charge in [0.15, 0.2) is 0 Å². The topological polar surface area (TPSA) is 25.4 Å².